The number of carbonyl (C=O) groups excluding carboxylic acids is 1. The van der Waals surface area contributed by atoms with Gasteiger partial charge in [-0.2, -0.15) is 11.8 Å². The lowest BCUT2D eigenvalue weighted by atomic mass is 10.2. The van der Waals surface area contributed by atoms with Crippen LogP contribution in [0.1, 0.15) is 19.3 Å². The Hall–Kier alpha value is 0.110. The predicted molar refractivity (Wildman–Crippen MR) is 53.8 cm³/mol. The van der Waals surface area contributed by atoms with Crippen LogP contribution in [0.25, 0.3) is 0 Å². The van der Waals surface area contributed by atoms with E-state index in [9.17, 15) is 4.79 Å². The van der Waals surface area contributed by atoms with Crippen LogP contribution in [0.15, 0.2) is 0 Å². The van der Waals surface area contributed by atoms with E-state index < -0.39 is 0 Å². The van der Waals surface area contributed by atoms with Gasteiger partial charge in [0.05, 0.1) is 0 Å². The van der Waals surface area contributed by atoms with Crippen molar-refractivity contribution in [1.29, 1.82) is 0 Å². The van der Waals surface area contributed by atoms with Crippen molar-refractivity contribution < 1.29 is 4.79 Å². The summed E-state index contributed by atoms with van der Waals surface area (Å²) in [7, 11) is 0. The third-order valence-electron chi connectivity index (χ3n) is 1.83. The van der Waals surface area contributed by atoms with Crippen molar-refractivity contribution in [2.24, 2.45) is 0 Å². The van der Waals surface area contributed by atoms with Gasteiger partial charge in [-0.25, -0.2) is 0 Å². The Balaban J connectivity index is 2.08. The summed E-state index contributed by atoms with van der Waals surface area (Å²) >= 11 is 7.39. The summed E-state index contributed by atoms with van der Waals surface area (Å²) in [5.41, 5.74) is 0. The lowest BCUT2D eigenvalue weighted by Crippen LogP contribution is -2.34. The fraction of sp³-hybridized carbons (Fsp3) is 0.875. The van der Waals surface area contributed by atoms with E-state index in [-0.39, 0.29) is 5.91 Å². The molecule has 1 unspecified atom stereocenters. The molecule has 70 valence electrons. The van der Waals surface area contributed by atoms with Crippen LogP contribution in [0, 0.1) is 0 Å². The smallest absolute Gasteiger partial charge is 0.220 e. The number of thioether (sulfide) groups is 1. The molecule has 0 spiro atoms. The van der Waals surface area contributed by atoms with E-state index in [0.29, 0.717) is 18.3 Å². The van der Waals surface area contributed by atoms with Crippen LogP contribution in [-0.2, 0) is 4.79 Å². The molecule has 0 radical (unpaired) electrons. The van der Waals surface area contributed by atoms with Gasteiger partial charge in [0.25, 0.3) is 0 Å². The van der Waals surface area contributed by atoms with Gasteiger partial charge in [0, 0.05) is 24.1 Å². The zero-order valence-electron chi connectivity index (χ0n) is 7.01. The maximum absolute atomic E-state index is 11.2. The Morgan fingerprint density at radius 2 is 2.50 bits per heavy atom. The average Bonchev–Trinajstić information content (AvgIpc) is 2.53. The molecule has 0 aromatic rings. The Kier molecular flexibility index (Phi) is 4.84. The minimum Gasteiger partial charge on any atom is -0.353 e. The van der Waals surface area contributed by atoms with Gasteiger partial charge < -0.3 is 5.32 Å². The molecule has 1 atom stereocenters. The van der Waals surface area contributed by atoms with Gasteiger partial charge in [-0.05, 0) is 18.6 Å². The monoisotopic (exact) mass is 207 g/mol. The number of carbonyl (C=O) groups is 1. The first-order valence-electron chi connectivity index (χ1n) is 4.26. The number of nitrogens with one attached hydrogen (secondary N) is 1. The molecule has 1 aliphatic rings. The van der Waals surface area contributed by atoms with Gasteiger partial charge in [-0.3, -0.25) is 4.79 Å². The quantitative estimate of drug-likeness (QED) is 0.711. The van der Waals surface area contributed by atoms with E-state index >= 15 is 0 Å². The molecule has 1 heterocycles. The van der Waals surface area contributed by atoms with E-state index in [1.807, 2.05) is 11.8 Å². The van der Waals surface area contributed by atoms with Crippen molar-refractivity contribution in [2.45, 2.75) is 25.3 Å². The molecule has 0 bridgehead atoms. The van der Waals surface area contributed by atoms with Gasteiger partial charge >= 0.3 is 0 Å². The SMILES string of the molecule is O=C(CCCCl)NC1CCSC1. The summed E-state index contributed by atoms with van der Waals surface area (Å²) in [6.45, 7) is 0. The second kappa shape index (κ2) is 5.70. The largest absolute Gasteiger partial charge is 0.353 e. The van der Waals surface area contributed by atoms with Crippen molar-refractivity contribution in [2.75, 3.05) is 17.4 Å². The molecule has 1 N–H and O–H groups in total. The molecule has 1 aliphatic heterocycles. The third-order valence-corrected chi connectivity index (χ3v) is 3.26. The van der Waals surface area contributed by atoms with Crippen LogP contribution in [0.2, 0.25) is 0 Å². The normalized spacial score (nSPS) is 22.6. The molecule has 4 heteroatoms. The van der Waals surface area contributed by atoms with E-state index in [2.05, 4.69) is 5.32 Å². The van der Waals surface area contributed by atoms with E-state index in [1.165, 1.54) is 5.75 Å². The third kappa shape index (κ3) is 3.68. The van der Waals surface area contributed by atoms with Crippen LogP contribution in [0.3, 0.4) is 0 Å². The lowest BCUT2D eigenvalue weighted by molar-refractivity contribution is -0.121. The van der Waals surface area contributed by atoms with Gasteiger partial charge in [-0.1, -0.05) is 0 Å². The van der Waals surface area contributed by atoms with E-state index in [0.717, 1.165) is 18.6 Å². The number of rotatable bonds is 4. The summed E-state index contributed by atoms with van der Waals surface area (Å²) in [5, 5.41) is 3.00. The molecule has 0 aromatic heterocycles. The number of amides is 1. The Morgan fingerprint density at radius 3 is 3.08 bits per heavy atom. The van der Waals surface area contributed by atoms with Crippen LogP contribution < -0.4 is 5.32 Å². The number of halogens is 1. The maximum Gasteiger partial charge on any atom is 0.220 e. The second-order valence-electron chi connectivity index (χ2n) is 2.92. The molecule has 1 rings (SSSR count). The van der Waals surface area contributed by atoms with Crippen LogP contribution >= 0.6 is 23.4 Å². The number of alkyl halides is 1. The number of hydrogen-bond donors (Lipinski definition) is 1. The fourth-order valence-corrected chi connectivity index (χ4v) is 2.46. The molecule has 2 nitrogen and oxygen atoms in total. The average molecular weight is 208 g/mol. The topological polar surface area (TPSA) is 29.1 Å². The zero-order valence-corrected chi connectivity index (χ0v) is 8.59. The predicted octanol–water partition coefficient (Wildman–Crippen LogP) is 1.63. The fourth-order valence-electron chi connectivity index (χ4n) is 1.18. The summed E-state index contributed by atoms with van der Waals surface area (Å²) in [5.74, 6) is 2.99. The summed E-state index contributed by atoms with van der Waals surface area (Å²) in [6.07, 6.45) is 2.48. The first-order valence-corrected chi connectivity index (χ1v) is 5.95. The highest BCUT2D eigenvalue weighted by Gasteiger charge is 2.16. The number of hydrogen-bond acceptors (Lipinski definition) is 2. The van der Waals surface area contributed by atoms with Crippen LogP contribution in [0.5, 0.6) is 0 Å². The van der Waals surface area contributed by atoms with E-state index in [4.69, 9.17) is 11.6 Å². The summed E-state index contributed by atoms with van der Waals surface area (Å²) in [6, 6.07) is 0.415. The Bertz CT molecular complexity index is 148. The first-order chi connectivity index (χ1) is 5.83. The summed E-state index contributed by atoms with van der Waals surface area (Å²) < 4.78 is 0. The molecule has 0 saturated carbocycles. The highest BCUT2D eigenvalue weighted by atomic mass is 35.5. The van der Waals surface area contributed by atoms with Crippen LogP contribution in [-0.4, -0.2) is 29.3 Å². The Morgan fingerprint density at radius 1 is 1.67 bits per heavy atom. The second-order valence-corrected chi connectivity index (χ2v) is 4.45. The lowest BCUT2D eigenvalue weighted by Gasteiger charge is -2.10. The molecule has 12 heavy (non-hydrogen) atoms. The highest BCUT2D eigenvalue weighted by molar-refractivity contribution is 7.99. The molecule has 1 amide bonds. The minimum atomic E-state index is 0.156. The first kappa shape index (κ1) is 10.2. The van der Waals surface area contributed by atoms with Gasteiger partial charge in [0.15, 0.2) is 0 Å². The van der Waals surface area contributed by atoms with E-state index in [1.54, 1.807) is 0 Å². The van der Waals surface area contributed by atoms with Crippen molar-refractivity contribution in [1.82, 2.24) is 5.32 Å². The molecule has 1 fully saturated rings. The standard InChI is InChI=1S/C8H14ClNOS/c9-4-1-2-8(11)10-7-3-5-12-6-7/h7H,1-6H2,(H,10,11). The van der Waals surface area contributed by atoms with Crippen molar-refractivity contribution in [3.8, 4) is 0 Å². The van der Waals surface area contributed by atoms with Gasteiger partial charge in [-0.15, -0.1) is 11.6 Å². The zero-order chi connectivity index (χ0) is 8.81. The molecular weight excluding hydrogens is 194 g/mol. The summed E-state index contributed by atoms with van der Waals surface area (Å²) in [4.78, 5) is 11.2. The molecule has 1 saturated heterocycles. The molecule has 0 aromatic carbocycles. The minimum absolute atomic E-state index is 0.156. The van der Waals surface area contributed by atoms with Gasteiger partial charge in [0.2, 0.25) is 5.91 Å². The highest BCUT2D eigenvalue weighted by Crippen LogP contribution is 2.16. The molecular formula is C8H14ClNOS. The molecule has 0 aliphatic carbocycles. The van der Waals surface area contributed by atoms with Crippen molar-refractivity contribution >= 4 is 29.3 Å². The van der Waals surface area contributed by atoms with Crippen molar-refractivity contribution in [3.05, 3.63) is 0 Å². The maximum atomic E-state index is 11.2. The van der Waals surface area contributed by atoms with Crippen molar-refractivity contribution in [3.63, 3.8) is 0 Å². The van der Waals surface area contributed by atoms with Gasteiger partial charge in [0.1, 0.15) is 0 Å². The van der Waals surface area contributed by atoms with Crippen LogP contribution in [0.4, 0.5) is 0 Å². The Labute approximate surface area is 82.4 Å².